The second kappa shape index (κ2) is 5.49. The Hall–Kier alpha value is -2.41. The van der Waals surface area contributed by atoms with Gasteiger partial charge < -0.3 is 0 Å². The average molecular weight is 245 g/mol. The highest BCUT2D eigenvalue weighted by molar-refractivity contribution is 5.83. The van der Waals surface area contributed by atoms with Crippen LogP contribution in [0.4, 0.5) is 0 Å². The molecule has 3 rings (SSSR count). The average Bonchev–Trinajstić information content (AvgIpc) is 2.48. The Bertz CT molecular complexity index is 699. The van der Waals surface area contributed by atoms with E-state index in [1.54, 1.807) is 0 Å². The molecule has 0 atom stereocenters. The molecule has 0 bridgehead atoms. The highest BCUT2D eigenvalue weighted by atomic mass is 14.7. The summed E-state index contributed by atoms with van der Waals surface area (Å²) in [6, 6.07) is 25.1. The Morgan fingerprint density at radius 2 is 1.47 bits per heavy atom. The summed E-state index contributed by atoms with van der Waals surface area (Å²) in [6.07, 6.45) is 1.93. The first-order chi connectivity index (χ1) is 9.42. The van der Waals surface area contributed by atoms with E-state index in [9.17, 15) is 0 Å². The molecule has 1 nitrogen and oxygen atoms in total. The number of fused-ring (bicyclic) bond motifs is 1. The molecule has 0 fully saturated rings. The molecule has 0 saturated heterocycles. The number of aliphatic imine (C=N–C) groups is 1. The molecule has 0 aliphatic rings. The van der Waals surface area contributed by atoms with Crippen molar-refractivity contribution >= 4 is 17.0 Å². The fourth-order valence-corrected chi connectivity index (χ4v) is 2.13. The molecule has 0 N–H and O–H groups in total. The highest BCUT2D eigenvalue weighted by Gasteiger charge is 1.94. The van der Waals surface area contributed by atoms with Gasteiger partial charge in [0.15, 0.2) is 0 Å². The summed E-state index contributed by atoms with van der Waals surface area (Å²) in [7, 11) is 0. The quantitative estimate of drug-likeness (QED) is 0.604. The molecule has 0 heterocycles. The largest absolute Gasteiger partial charge is 0.288 e. The zero-order valence-corrected chi connectivity index (χ0v) is 10.7. The lowest BCUT2D eigenvalue weighted by Crippen LogP contribution is -1.84. The predicted molar refractivity (Wildman–Crippen MR) is 81.7 cm³/mol. The summed E-state index contributed by atoms with van der Waals surface area (Å²) >= 11 is 0. The van der Waals surface area contributed by atoms with Gasteiger partial charge in [0, 0.05) is 6.21 Å². The van der Waals surface area contributed by atoms with Gasteiger partial charge in [0.1, 0.15) is 0 Å². The van der Waals surface area contributed by atoms with Gasteiger partial charge in [-0.25, -0.2) is 0 Å². The molecule has 92 valence electrons. The molecular weight excluding hydrogens is 230 g/mol. The van der Waals surface area contributed by atoms with Crippen LogP contribution < -0.4 is 0 Å². The zero-order valence-electron chi connectivity index (χ0n) is 10.7. The van der Waals surface area contributed by atoms with Crippen LogP contribution in [0.2, 0.25) is 0 Å². The number of benzene rings is 3. The number of rotatable bonds is 3. The molecule has 0 spiro atoms. The zero-order chi connectivity index (χ0) is 12.9. The van der Waals surface area contributed by atoms with Gasteiger partial charge in [-0.2, -0.15) is 0 Å². The summed E-state index contributed by atoms with van der Waals surface area (Å²) < 4.78 is 0. The van der Waals surface area contributed by atoms with E-state index in [0.717, 1.165) is 12.1 Å². The minimum Gasteiger partial charge on any atom is -0.288 e. The van der Waals surface area contributed by atoms with Crippen molar-refractivity contribution in [2.75, 3.05) is 0 Å². The van der Waals surface area contributed by atoms with Crippen LogP contribution in [0.1, 0.15) is 11.1 Å². The summed E-state index contributed by atoms with van der Waals surface area (Å²) in [5.74, 6) is 0. The van der Waals surface area contributed by atoms with Crippen molar-refractivity contribution in [3.8, 4) is 0 Å². The van der Waals surface area contributed by atoms with E-state index >= 15 is 0 Å². The number of nitrogens with zero attached hydrogens (tertiary/aromatic N) is 1. The predicted octanol–water partition coefficient (Wildman–Crippen LogP) is 4.46. The maximum atomic E-state index is 4.49. The first-order valence-electron chi connectivity index (χ1n) is 6.44. The third kappa shape index (κ3) is 2.89. The van der Waals surface area contributed by atoms with Crippen LogP contribution >= 0.6 is 0 Å². The third-order valence-electron chi connectivity index (χ3n) is 3.13. The van der Waals surface area contributed by atoms with E-state index in [2.05, 4.69) is 59.6 Å². The molecular formula is C18H15N. The molecule has 0 aliphatic carbocycles. The Labute approximate surface area is 113 Å². The van der Waals surface area contributed by atoms with E-state index in [1.165, 1.54) is 16.3 Å². The van der Waals surface area contributed by atoms with Crippen molar-refractivity contribution in [2.45, 2.75) is 6.54 Å². The minimum atomic E-state index is 0.722. The topological polar surface area (TPSA) is 12.4 Å². The highest BCUT2D eigenvalue weighted by Crippen LogP contribution is 2.16. The Morgan fingerprint density at radius 3 is 2.32 bits per heavy atom. The van der Waals surface area contributed by atoms with Gasteiger partial charge in [-0.15, -0.1) is 0 Å². The summed E-state index contributed by atoms with van der Waals surface area (Å²) in [4.78, 5) is 4.49. The van der Waals surface area contributed by atoms with E-state index in [1.807, 2.05) is 24.4 Å². The van der Waals surface area contributed by atoms with Gasteiger partial charge in [0.25, 0.3) is 0 Å². The van der Waals surface area contributed by atoms with Crippen molar-refractivity contribution in [2.24, 2.45) is 4.99 Å². The fourth-order valence-electron chi connectivity index (χ4n) is 2.13. The molecule has 0 aromatic heterocycles. The van der Waals surface area contributed by atoms with Crippen LogP contribution in [0, 0.1) is 0 Å². The van der Waals surface area contributed by atoms with Crippen molar-refractivity contribution in [3.05, 3.63) is 83.9 Å². The van der Waals surface area contributed by atoms with E-state index < -0.39 is 0 Å². The van der Waals surface area contributed by atoms with Crippen LogP contribution in [-0.2, 0) is 6.54 Å². The molecule has 0 aliphatic heterocycles. The van der Waals surface area contributed by atoms with Crippen molar-refractivity contribution in [3.63, 3.8) is 0 Å². The Morgan fingerprint density at radius 1 is 0.737 bits per heavy atom. The molecule has 0 amide bonds. The Balaban J connectivity index is 1.77. The van der Waals surface area contributed by atoms with Gasteiger partial charge in [-0.05, 0) is 28.0 Å². The molecule has 0 radical (unpaired) electrons. The maximum absolute atomic E-state index is 4.49. The van der Waals surface area contributed by atoms with Gasteiger partial charge in [0.2, 0.25) is 0 Å². The van der Waals surface area contributed by atoms with Gasteiger partial charge in [-0.1, -0.05) is 66.7 Å². The lowest BCUT2D eigenvalue weighted by molar-refractivity contribution is 1.08. The molecule has 0 saturated carbocycles. The first-order valence-corrected chi connectivity index (χ1v) is 6.44. The van der Waals surface area contributed by atoms with Crippen LogP contribution in [0.25, 0.3) is 10.8 Å². The second-order valence-corrected chi connectivity index (χ2v) is 4.56. The van der Waals surface area contributed by atoms with Crippen LogP contribution in [-0.4, -0.2) is 6.21 Å². The van der Waals surface area contributed by atoms with Crippen molar-refractivity contribution in [1.29, 1.82) is 0 Å². The summed E-state index contributed by atoms with van der Waals surface area (Å²) in [5.41, 5.74) is 2.38. The fraction of sp³-hybridized carbons (Fsp3) is 0.0556. The van der Waals surface area contributed by atoms with E-state index in [-0.39, 0.29) is 0 Å². The van der Waals surface area contributed by atoms with Gasteiger partial charge in [0.05, 0.1) is 6.54 Å². The molecule has 1 heteroatoms. The second-order valence-electron chi connectivity index (χ2n) is 4.56. The Kier molecular flexibility index (Phi) is 3.37. The summed E-state index contributed by atoms with van der Waals surface area (Å²) in [5, 5.41) is 2.55. The standard InChI is InChI=1S/C18H15N/c1-2-6-15(7-3-1)13-19-14-16-10-11-17-8-4-5-9-18(17)12-16/h1-13H,14H2. The SMILES string of the molecule is C(=NCc1ccc2ccccc2c1)c1ccccc1. The monoisotopic (exact) mass is 245 g/mol. The van der Waals surface area contributed by atoms with Gasteiger partial charge in [-0.3, -0.25) is 4.99 Å². The van der Waals surface area contributed by atoms with Gasteiger partial charge >= 0.3 is 0 Å². The van der Waals surface area contributed by atoms with Crippen molar-refractivity contribution in [1.82, 2.24) is 0 Å². The molecule has 19 heavy (non-hydrogen) atoms. The van der Waals surface area contributed by atoms with Crippen LogP contribution in [0.5, 0.6) is 0 Å². The lowest BCUT2D eigenvalue weighted by Gasteiger charge is -2.00. The van der Waals surface area contributed by atoms with Crippen LogP contribution in [0.15, 0.2) is 77.8 Å². The normalized spacial score (nSPS) is 11.2. The van der Waals surface area contributed by atoms with Crippen molar-refractivity contribution < 1.29 is 0 Å². The first kappa shape index (κ1) is 11.7. The maximum Gasteiger partial charge on any atom is 0.0640 e. The van der Waals surface area contributed by atoms with E-state index in [4.69, 9.17) is 0 Å². The summed E-state index contributed by atoms with van der Waals surface area (Å²) in [6.45, 7) is 0.722. The smallest absolute Gasteiger partial charge is 0.0640 e. The van der Waals surface area contributed by atoms with E-state index in [0.29, 0.717) is 0 Å². The number of hydrogen-bond donors (Lipinski definition) is 0. The van der Waals surface area contributed by atoms with Crippen LogP contribution in [0.3, 0.4) is 0 Å². The minimum absolute atomic E-state index is 0.722. The molecule has 3 aromatic carbocycles. The molecule has 0 unspecified atom stereocenters. The third-order valence-corrected chi connectivity index (χ3v) is 3.13. The number of hydrogen-bond acceptors (Lipinski definition) is 1. The molecule has 3 aromatic rings. The lowest BCUT2D eigenvalue weighted by atomic mass is 10.1.